The van der Waals surface area contributed by atoms with Crippen LogP contribution in [-0.2, 0) is 12.6 Å². The van der Waals surface area contributed by atoms with Gasteiger partial charge in [0.2, 0.25) is 0 Å². The Bertz CT molecular complexity index is 352. The lowest BCUT2D eigenvalue weighted by Crippen LogP contribution is -2.20. The van der Waals surface area contributed by atoms with Gasteiger partial charge in [0.25, 0.3) is 0 Å². The number of aliphatic hydroxyl groups is 1. The van der Waals surface area contributed by atoms with E-state index in [2.05, 4.69) is 9.97 Å². The molecule has 1 heterocycles. The Balaban J connectivity index is 2.83. The molecular weight excluding hydrogens is 221 g/mol. The van der Waals surface area contributed by atoms with Crippen LogP contribution in [0.15, 0.2) is 12.3 Å². The molecule has 0 spiro atoms. The van der Waals surface area contributed by atoms with Crippen molar-refractivity contribution in [3.8, 4) is 0 Å². The minimum Gasteiger partial charge on any atom is -0.392 e. The van der Waals surface area contributed by atoms with Crippen LogP contribution in [-0.4, -0.2) is 21.2 Å². The molecule has 0 aliphatic heterocycles. The maximum Gasteiger partial charge on any atom is 0.433 e. The van der Waals surface area contributed by atoms with Crippen molar-refractivity contribution in [3.05, 3.63) is 23.8 Å². The van der Waals surface area contributed by atoms with Gasteiger partial charge in [0.15, 0.2) is 0 Å². The first-order valence-electron chi connectivity index (χ1n) is 4.88. The summed E-state index contributed by atoms with van der Waals surface area (Å²) >= 11 is 0. The highest BCUT2D eigenvalue weighted by atomic mass is 19.4. The molecule has 1 N–H and O–H groups in total. The van der Waals surface area contributed by atoms with E-state index in [4.69, 9.17) is 0 Å². The van der Waals surface area contributed by atoms with Crippen LogP contribution >= 0.6 is 0 Å². The van der Waals surface area contributed by atoms with Gasteiger partial charge in [-0.1, -0.05) is 13.8 Å². The highest BCUT2D eigenvalue weighted by Gasteiger charge is 2.32. The summed E-state index contributed by atoms with van der Waals surface area (Å²) in [6.45, 7) is 3.55. The number of halogens is 3. The first kappa shape index (κ1) is 12.9. The van der Waals surface area contributed by atoms with Gasteiger partial charge in [-0.3, -0.25) is 0 Å². The predicted molar refractivity (Wildman–Crippen MR) is 51.6 cm³/mol. The van der Waals surface area contributed by atoms with Crippen LogP contribution in [0, 0.1) is 5.92 Å². The number of hydrogen-bond donors (Lipinski definition) is 1. The van der Waals surface area contributed by atoms with Crippen LogP contribution in [0.3, 0.4) is 0 Å². The highest BCUT2D eigenvalue weighted by Crippen LogP contribution is 2.27. The number of aromatic nitrogens is 2. The van der Waals surface area contributed by atoms with Gasteiger partial charge in [-0.15, -0.1) is 0 Å². The van der Waals surface area contributed by atoms with Gasteiger partial charge < -0.3 is 5.11 Å². The molecule has 1 rings (SSSR count). The zero-order chi connectivity index (χ0) is 12.3. The zero-order valence-electron chi connectivity index (χ0n) is 8.99. The maximum absolute atomic E-state index is 12.3. The van der Waals surface area contributed by atoms with E-state index < -0.39 is 18.0 Å². The van der Waals surface area contributed by atoms with Gasteiger partial charge >= 0.3 is 6.18 Å². The second-order valence-electron chi connectivity index (χ2n) is 3.87. The van der Waals surface area contributed by atoms with Gasteiger partial charge in [-0.25, -0.2) is 9.97 Å². The van der Waals surface area contributed by atoms with Crippen molar-refractivity contribution in [2.45, 2.75) is 32.5 Å². The first-order chi connectivity index (χ1) is 7.30. The average molecular weight is 234 g/mol. The topological polar surface area (TPSA) is 46.0 Å². The summed E-state index contributed by atoms with van der Waals surface area (Å²) in [4.78, 5) is 7.07. The Morgan fingerprint density at radius 1 is 1.38 bits per heavy atom. The van der Waals surface area contributed by atoms with E-state index in [1.165, 1.54) is 0 Å². The second-order valence-corrected chi connectivity index (χ2v) is 3.87. The number of alkyl halides is 3. The third kappa shape index (κ3) is 3.44. The maximum atomic E-state index is 12.3. The van der Waals surface area contributed by atoms with Crippen molar-refractivity contribution in [3.63, 3.8) is 0 Å². The van der Waals surface area contributed by atoms with E-state index in [0.717, 1.165) is 12.3 Å². The molecule has 3 nitrogen and oxygen atoms in total. The van der Waals surface area contributed by atoms with Crippen molar-refractivity contribution in [1.29, 1.82) is 0 Å². The Hall–Kier alpha value is -1.17. The van der Waals surface area contributed by atoms with Crippen molar-refractivity contribution < 1.29 is 18.3 Å². The van der Waals surface area contributed by atoms with Crippen molar-refractivity contribution in [2.75, 3.05) is 0 Å². The Labute approximate surface area is 91.4 Å². The smallest absolute Gasteiger partial charge is 0.392 e. The van der Waals surface area contributed by atoms with Crippen LogP contribution in [0.2, 0.25) is 0 Å². The molecule has 90 valence electrons. The summed E-state index contributed by atoms with van der Waals surface area (Å²) in [5.74, 6) is -0.0332. The lowest BCUT2D eigenvalue weighted by molar-refractivity contribution is -0.141. The fourth-order valence-electron chi connectivity index (χ4n) is 1.08. The van der Waals surface area contributed by atoms with E-state index in [-0.39, 0.29) is 18.2 Å². The standard InChI is InChI=1S/C10H13F3N2O/c1-6(2)7(16)5-9-14-4-3-8(15-9)10(11,12)13/h3-4,6-7,16H,5H2,1-2H3. The SMILES string of the molecule is CC(C)C(O)Cc1nccc(C(F)(F)F)n1. The van der Waals surface area contributed by atoms with E-state index in [9.17, 15) is 18.3 Å². The van der Waals surface area contributed by atoms with E-state index >= 15 is 0 Å². The molecule has 0 aliphatic rings. The highest BCUT2D eigenvalue weighted by molar-refractivity contribution is 5.06. The molecule has 0 aliphatic carbocycles. The summed E-state index contributed by atoms with van der Waals surface area (Å²) in [7, 11) is 0. The molecule has 0 aromatic carbocycles. The molecule has 0 amide bonds. The van der Waals surface area contributed by atoms with Gasteiger partial charge in [-0.05, 0) is 12.0 Å². The van der Waals surface area contributed by atoms with Crippen molar-refractivity contribution in [1.82, 2.24) is 9.97 Å². The molecule has 0 saturated carbocycles. The second kappa shape index (κ2) is 4.78. The molecule has 1 aromatic heterocycles. The summed E-state index contributed by atoms with van der Waals surface area (Å²) in [6, 6.07) is 0.811. The van der Waals surface area contributed by atoms with Gasteiger partial charge in [0.05, 0.1) is 6.10 Å². The van der Waals surface area contributed by atoms with Gasteiger partial charge in [-0.2, -0.15) is 13.2 Å². The minimum absolute atomic E-state index is 0.0102. The summed E-state index contributed by atoms with van der Waals surface area (Å²) in [6.07, 6.45) is -4.12. The molecular formula is C10H13F3N2O. The van der Waals surface area contributed by atoms with Crippen LogP contribution in [0.4, 0.5) is 13.2 Å². The number of aliphatic hydroxyl groups excluding tert-OH is 1. The predicted octanol–water partition coefficient (Wildman–Crippen LogP) is 2.05. The summed E-state index contributed by atoms with van der Waals surface area (Å²) in [5, 5.41) is 9.51. The average Bonchev–Trinajstić information content (AvgIpc) is 2.16. The summed E-state index contributed by atoms with van der Waals surface area (Å²) in [5.41, 5.74) is -0.978. The molecule has 1 atom stereocenters. The third-order valence-corrected chi connectivity index (χ3v) is 2.16. The molecule has 1 aromatic rings. The van der Waals surface area contributed by atoms with Crippen molar-refractivity contribution in [2.24, 2.45) is 5.92 Å². The number of nitrogens with zero attached hydrogens (tertiary/aromatic N) is 2. The molecule has 0 fully saturated rings. The molecule has 0 radical (unpaired) electrons. The van der Waals surface area contributed by atoms with Crippen LogP contribution < -0.4 is 0 Å². The van der Waals surface area contributed by atoms with Crippen molar-refractivity contribution >= 4 is 0 Å². The van der Waals surface area contributed by atoms with Crippen LogP contribution in [0.5, 0.6) is 0 Å². The molecule has 6 heteroatoms. The van der Waals surface area contributed by atoms with Crippen LogP contribution in [0.25, 0.3) is 0 Å². The fourth-order valence-corrected chi connectivity index (χ4v) is 1.08. The molecule has 16 heavy (non-hydrogen) atoms. The normalized spacial score (nSPS) is 14.2. The molecule has 0 saturated heterocycles. The van der Waals surface area contributed by atoms with Gasteiger partial charge in [0.1, 0.15) is 11.5 Å². The number of rotatable bonds is 3. The quantitative estimate of drug-likeness (QED) is 0.870. The Morgan fingerprint density at radius 3 is 2.50 bits per heavy atom. The number of hydrogen-bond acceptors (Lipinski definition) is 3. The van der Waals surface area contributed by atoms with Crippen LogP contribution in [0.1, 0.15) is 25.4 Å². The molecule has 1 unspecified atom stereocenters. The molecule has 0 bridgehead atoms. The Kier molecular flexibility index (Phi) is 3.85. The third-order valence-electron chi connectivity index (χ3n) is 2.16. The Morgan fingerprint density at radius 2 is 2.00 bits per heavy atom. The monoisotopic (exact) mass is 234 g/mol. The first-order valence-corrected chi connectivity index (χ1v) is 4.88. The van der Waals surface area contributed by atoms with Gasteiger partial charge in [0, 0.05) is 12.6 Å². The zero-order valence-corrected chi connectivity index (χ0v) is 8.99. The van der Waals surface area contributed by atoms with E-state index in [0.29, 0.717) is 0 Å². The minimum atomic E-state index is -4.47. The fraction of sp³-hybridized carbons (Fsp3) is 0.600. The lowest BCUT2D eigenvalue weighted by atomic mass is 10.0. The lowest BCUT2D eigenvalue weighted by Gasteiger charge is -2.13. The van der Waals surface area contributed by atoms with E-state index in [1.54, 1.807) is 13.8 Å². The summed E-state index contributed by atoms with van der Waals surface area (Å²) < 4.78 is 36.9. The largest absolute Gasteiger partial charge is 0.433 e. The van der Waals surface area contributed by atoms with E-state index in [1.807, 2.05) is 0 Å².